The number of nitrogens with one attached hydrogen (secondary N) is 1. The lowest BCUT2D eigenvalue weighted by atomic mass is 10.1. The van der Waals surface area contributed by atoms with Crippen molar-refractivity contribution < 1.29 is 4.79 Å². The van der Waals surface area contributed by atoms with E-state index in [1.807, 2.05) is 51.1 Å². The minimum atomic E-state index is -0.190. The molecule has 1 N–H and O–H groups in total. The maximum Gasteiger partial charge on any atom is 0.271 e. The Hall–Kier alpha value is -2.21. The Kier molecular flexibility index (Phi) is 7.33. The van der Waals surface area contributed by atoms with Crippen LogP contribution in [0.4, 0.5) is 0 Å². The number of hydrazone groups is 1. The molecular formula is C20H26N4OS. The van der Waals surface area contributed by atoms with E-state index >= 15 is 0 Å². The molecule has 0 saturated heterocycles. The van der Waals surface area contributed by atoms with Gasteiger partial charge in [0.05, 0.1) is 0 Å². The zero-order valence-electron chi connectivity index (χ0n) is 16.0. The van der Waals surface area contributed by atoms with E-state index in [1.54, 1.807) is 11.8 Å². The predicted molar refractivity (Wildman–Crippen MR) is 108 cm³/mol. The van der Waals surface area contributed by atoms with Crippen LogP contribution < -0.4 is 5.43 Å². The van der Waals surface area contributed by atoms with Crippen LogP contribution in [0.25, 0.3) is 0 Å². The Bertz CT molecular complexity index is 767. The van der Waals surface area contributed by atoms with Gasteiger partial charge in [0.2, 0.25) is 0 Å². The van der Waals surface area contributed by atoms with Gasteiger partial charge < -0.3 is 0 Å². The normalized spacial score (nSPS) is 12.7. The summed E-state index contributed by atoms with van der Waals surface area (Å²) in [4.78, 5) is 21.0. The van der Waals surface area contributed by atoms with Gasteiger partial charge in [0.1, 0.15) is 0 Å². The molecule has 1 amide bonds. The third-order valence-electron chi connectivity index (χ3n) is 4.21. The number of hydrogen-bond acceptors (Lipinski definition) is 5. The first-order chi connectivity index (χ1) is 12.4. The number of carbonyl (C=O) groups is 1. The molecule has 1 atom stereocenters. The minimum Gasteiger partial charge on any atom is -0.267 e. The number of aryl methyl sites for hydroxylation is 2. The van der Waals surface area contributed by atoms with Crippen molar-refractivity contribution in [2.75, 3.05) is 0 Å². The Morgan fingerprint density at radius 3 is 2.38 bits per heavy atom. The summed E-state index contributed by atoms with van der Waals surface area (Å²) in [5.41, 5.74) is 7.22. The fourth-order valence-electron chi connectivity index (χ4n) is 2.27. The van der Waals surface area contributed by atoms with Crippen LogP contribution in [0, 0.1) is 19.8 Å². The quantitative estimate of drug-likeness (QED) is 0.336. The van der Waals surface area contributed by atoms with Crippen LogP contribution in [0.15, 0.2) is 40.6 Å². The van der Waals surface area contributed by atoms with Crippen LogP contribution in [0.2, 0.25) is 0 Å². The first-order valence-electron chi connectivity index (χ1n) is 8.77. The molecule has 2 aromatic rings. The molecule has 0 bridgehead atoms. The lowest BCUT2D eigenvalue weighted by molar-refractivity contribution is 0.0954. The van der Waals surface area contributed by atoms with Crippen molar-refractivity contribution in [1.82, 2.24) is 15.4 Å². The maximum atomic E-state index is 12.2. The Morgan fingerprint density at radius 1 is 1.19 bits per heavy atom. The van der Waals surface area contributed by atoms with Gasteiger partial charge in [0, 0.05) is 28.4 Å². The van der Waals surface area contributed by atoms with Crippen LogP contribution in [0.3, 0.4) is 0 Å². The van der Waals surface area contributed by atoms with E-state index in [0.29, 0.717) is 11.5 Å². The highest BCUT2D eigenvalue weighted by atomic mass is 32.2. The van der Waals surface area contributed by atoms with E-state index in [-0.39, 0.29) is 5.91 Å². The number of benzene rings is 1. The topological polar surface area (TPSA) is 67.2 Å². The van der Waals surface area contributed by atoms with Gasteiger partial charge >= 0.3 is 0 Å². The van der Waals surface area contributed by atoms with Crippen LogP contribution in [-0.4, -0.2) is 21.6 Å². The Balaban J connectivity index is 1.94. The summed E-state index contributed by atoms with van der Waals surface area (Å²) < 4.78 is 0. The van der Waals surface area contributed by atoms with Gasteiger partial charge in [-0.1, -0.05) is 37.7 Å². The van der Waals surface area contributed by atoms with E-state index in [1.165, 1.54) is 0 Å². The molecule has 1 heterocycles. The average molecular weight is 371 g/mol. The first kappa shape index (κ1) is 20.1. The number of nitrogens with zero attached hydrogens (tertiary/aromatic N) is 3. The fourth-order valence-corrected chi connectivity index (χ4v) is 3.17. The third kappa shape index (κ3) is 5.95. The smallest absolute Gasteiger partial charge is 0.267 e. The SMILES string of the molecule is CC[C@@H](C)/C(C)=N\NC(=O)c1ccc(CSc2nc(C)cc(C)n2)cc1. The summed E-state index contributed by atoms with van der Waals surface area (Å²) in [5.74, 6) is 0.933. The van der Waals surface area contributed by atoms with Crippen molar-refractivity contribution in [1.29, 1.82) is 0 Å². The molecule has 0 radical (unpaired) electrons. The predicted octanol–water partition coefficient (Wildman–Crippen LogP) is 4.54. The van der Waals surface area contributed by atoms with Crippen molar-refractivity contribution in [3.63, 3.8) is 0 Å². The molecule has 0 aliphatic heterocycles. The van der Waals surface area contributed by atoms with E-state index in [4.69, 9.17) is 0 Å². The van der Waals surface area contributed by atoms with Crippen LogP contribution in [0.1, 0.15) is 54.5 Å². The second kappa shape index (κ2) is 9.48. The lowest BCUT2D eigenvalue weighted by Crippen LogP contribution is -2.20. The molecule has 0 aliphatic rings. The fraction of sp³-hybridized carbons (Fsp3) is 0.400. The van der Waals surface area contributed by atoms with Gasteiger partial charge in [0.25, 0.3) is 5.91 Å². The number of thioether (sulfide) groups is 1. The monoisotopic (exact) mass is 370 g/mol. The van der Waals surface area contributed by atoms with Gasteiger partial charge in [-0.15, -0.1) is 0 Å². The molecule has 1 aromatic heterocycles. The minimum absolute atomic E-state index is 0.190. The summed E-state index contributed by atoms with van der Waals surface area (Å²) in [7, 11) is 0. The lowest BCUT2D eigenvalue weighted by Gasteiger charge is -2.08. The van der Waals surface area contributed by atoms with Gasteiger partial charge in [-0.25, -0.2) is 15.4 Å². The number of hydrogen-bond donors (Lipinski definition) is 1. The van der Waals surface area contributed by atoms with Crippen molar-refractivity contribution in [3.05, 3.63) is 52.8 Å². The molecule has 2 rings (SSSR count). The van der Waals surface area contributed by atoms with Gasteiger partial charge in [0.15, 0.2) is 5.16 Å². The molecule has 5 nitrogen and oxygen atoms in total. The number of rotatable bonds is 7. The molecule has 6 heteroatoms. The second-order valence-electron chi connectivity index (χ2n) is 6.42. The zero-order chi connectivity index (χ0) is 19.1. The van der Waals surface area contributed by atoms with Gasteiger partial charge in [-0.2, -0.15) is 5.10 Å². The van der Waals surface area contributed by atoms with Crippen LogP contribution >= 0.6 is 11.8 Å². The van der Waals surface area contributed by atoms with Crippen molar-refractivity contribution in [3.8, 4) is 0 Å². The molecule has 26 heavy (non-hydrogen) atoms. The Labute approximate surface area is 159 Å². The van der Waals surface area contributed by atoms with Gasteiger partial charge in [-0.3, -0.25) is 4.79 Å². The number of carbonyl (C=O) groups excluding carboxylic acids is 1. The summed E-state index contributed by atoms with van der Waals surface area (Å²) in [6, 6.07) is 9.51. The largest absolute Gasteiger partial charge is 0.271 e. The first-order valence-corrected chi connectivity index (χ1v) is 9.76. The van der Waals surface area contributed by atoms with Crippen molar-refractivity contribution in [2.24, 2.45) is 11.0 Å². The summed E-state index contributed by atoms with van der Waals surface area (Å²) in [5, 5.41) is 4.96. The average Bonchev–Trinajstić information content (AvgIpc) is 2.63. The van der Waals surface area contributed by atoms with Gasteiger partial charge in [-0.05, 0) is 56.9 Å². The standard InChI is InChI=1S/C20H26N4OS/c1-6-13(2)16(5)23-24-19(25)18-9-7-17(8-10-18)12-26-20-21-14(3)11-15(4)22-20/h7-11,13H,6,12H2,1-5H3,(H,24,25)/b23-16-/t13-/m1/s1. The van der Waals surface area contributed by atoms with E-state index in [2.05, 4.69) is 34.3 Å². The Morgan fingerprint density at radius 2 is 1.81 bits per heavy atom. The molecule has 1 aromatic carbocycles. The maximum absolute atomic E-state index is 12.2. The van der Waals surface area contributed by atoms with E-state index < -0.39 is 0 Å². The highest BCUT2D eigenvalue weighted by Gasteiger charge is 2.07. The second-order valence-corrected chi connectivity index (χ2v) is 7.36. The zero-order valence-corrected chi connectivity index (χ0v) is 16.9. The molecule has 138 valence electrons. The highest BCUT2D eigenvalue weighted by Crippen LogP contribution is 2.20. The molecule has 0 saturated carbocycles. The van der Waals surface area contributed by atoms with Crippen LogP contribution in [0.5, 0.6) is 0 Å². The molecule has 0 fully saturated rings. The molecular weight excluding hydrogens is 344 g/mol. The van der Waals surface area contributed by atoms with Crippen LogP contribution in [-0.2, 0) is 5.75 Å². The van der Waals surface area contributed by atoms with E-state index in [9.17, 15) is 4.79 Å². The number of amides is 1. The van der Waals surface area contributed by atoms with E-state index in [0.717, 1.165) is 40.0 Å². The molecule has 0 spiro atoms. The third-order valence-corrected chi connectivity index (χ3v) is 5.12. The number of aromatic nitrogens is 2. The highest BCUT2D eigenvalue weighted by molar-refractivity contribution is 7.98. The summed E-state index contributed by atoms with van der Waals surface area (Å²) >= 11 is 1.59. The van der Waals surface area contributed by atoms with Crippen molar-refractivity contribution in [2.45, 2.75) is 51.9 Å². The van der Waals surface area contributed by atoms with Crippen molar-refractivity contribution >= 4 is 23.4 Å². The molecule has 0 aliphatic carbocycles. The summed E-state index contributed by atoms with van der Waals surface area (Å²) in [6.45, 7) is 10.1. The molecule has 0 unspecified atom stereocenters. The summed E-state index contributed by atoms with van der Waals surface area (Å²) in [6.07, 6.45) is 1.00.